The molecule has 4 aliphatic rings. The molecule has 0 amide bonds. The fourth-order valence-corrected chi connectivity index (χ4v) is 6.95. The lowest BCUT2D eigenvalue weighted by Crippen LogP contribution is -2.59. The number of benzene rings is 1. The van der Waals surface area contributed by atoms with E-state index in [0.29, 0.717) is 29.6 Å². The van der Waals surface area contributed by atoms with Crippen molar-refractivity contribution in [1.82, 2.24) is 9.78 Å². The molecule has 0 spiro atoms. The van der Waals surface area contributed by atoms with Crippen LogP contribution >= 0.6 is 11.6 Å². The Kier molecular flexibility index (Phi) is 4.36. The number of phenols is 1. The molecule has 4 saturated carbocycles. The molecular formula is C22H24ClN3O4. The predicted molar refractivity (Wildman–Crippen MR) is 112 cm³/mol. The first kappa shape index (κ1) is 19.4. The van der Waals surface area contributed by atoms with Crippen LogP contribution in [0.2, 0.25) is 5.02 Å². The van der Waals surface area contributed by atoms with Crippen LogP contribution in [0.15, 0.2) is 35.3 Å². The van der Waals surface area contributed by atoms with E-state index in [0.717, 1.165) is 32.1 Å². The zero-order valence-electron chi connectivity index (χ0n) is 16.5. The molecule has 0 aliphatic heterocycles. The maximum Gasteiger partial charge on any atom is 0.303 e. The Hall–Kier alpha value is -2.54. The van der Waals surface area contributed by atoms with E-state index in [9.17, 15) is 19.8 Å². The minimum Gasteiger partial charge on any atom is -0.508 e. The molecule has 30 heavy (non-hydrogen) atoms. The molecular weight excluding hydrogens is 406 g/mol. The summed E-state index contributed by atoms with van der Waals surface area (Å²) in [5, 5.41) is 26.7. The smallest absolute Gasteiger partial charge is 0.303 e. The van der Waals surface area contributed by atoms with Gasteiger partial charge in [-0.05, 0) is 67.9 Å². The summed E-state index contributed by atoms with van der Waals surface area (Å²) in [6.45, 7) is 0. The lowest BCUT2D eigenvalue weighted by atomic mass is 9.46. The van der Waals surface area contributed by atoms with Gasteiger partial charge in [-0.15, -0.1) is 0 Å². The molecule has 7 nitrogen and oxygen atoms in total. The zero-order chi connectivity index (χ0) is 21.1. The van der Waals surface area contributed by atoms with Crippen LogP contribution in [0, 0.1) is 17.3 Å². The van der Waals surface area contributed by atoms with E-state index in [2.05, 4.69) is 10.4 Å². The largest absolute Gasteiger partial charge is 0.508 e. The summed E-state index contributed by atoms with van der Waals surface area (Å²) < 4.78 is 1.54. The fraction of sp³-hybridized carbons (Fsp3) is 0.500. The van der Waals surface area contributed by atoms with Crippen LogP contribution < -0.4 is 10.9 Å². The van der Waals surface area contributed by atoms with Crippen molar-refractivity contribution in [3.05, 3.63) is 45.8 Å². The van der Waals surface area contributed by atoms with Crippen molar-refractivity contribution in [2.45, 2.75) is 50.5 Å². The van der Waals surface area contributed by atoms with Crippen LogP contribution in [0.1, 0.15) is 44.9 Å². The molecule has 2 atom stereocenters. The summed E-state index contributed by atoms with van der Waals surface area (Å²) in [6.07, 6.45) is 7.05. The molecule has 3 N–H and O–H groups in total. The van der Waals surface area contributed by atoms with Crippen molar-refractivity contribution in [3.63, 3.8) is 0 Å². The van der Waals surface area contributed by atoms with E-state index >= 15 is 0 Å². The highest BCUT2D eigenvalue weighted by atomic mass is 35.5. The average molecular weight is 430 g/mol. The second-order valence-electron chi connectivity index (χ2n) is 9.52. The van der Waals surface area contributed by atoms with Crippen molar-refractivity contribution in [1.29, 1.82) is 0 Å². The summed E-state index contributed by atoms with van der Waals surface area (Å²) in [5.41, 5.74) is -0.0694. The number of anilines is 2. The topological polar surface area (TPSA) is 104 Å². The van der Waals surface area contributed by atoms with Crippen LogP contribution in [0.5, 0.6) is 5.75 Å². The van der Waals surface area contributed by atoms with Crippen LogP contribution in [0.25, 0.3) is 0 Å². The second kappa shape index (κ2) is 6.74. The minimum absolute atomic E-state index is 0.0522. The van der Waals surface area contributed by atoms with E-state index < -0.39 is 11.5 Å². The molecule has 2 aromatic rings. The first-order chi connectivity index (χ1) is 14.3. The van der Waals surface area contributed by atoms with Crippen molar-refractivity contribution < 1.29 is 15.0 Å². The van der Waals surface area contributed by atoms with Gasteiger partial charge < -0.3 is 15.5 Å². The minimum atomic E-state index is -0.767. The number of nitrogens with one attached hydrogen (secondary N) is 1. The maximum atomic E-state index is 13.3. The summed E-state index contributed by atoms with van der Waals surface area (Å²) in [5.74, 6) is 0.206. The molecule has 4 bridgehead atoms. The van der Waals surface area contributed by atoms with Gasteiger partial charge in [0.25, 0.3) is 5.56 Å². The lowest BCUT2D eigenvalue weighted by molar-refractivity contribution is -0.151. The number of carbonyl (C=O) groups is 1. The van der Waals surface area contributed by atoms with Gasteiger partial charge in [0.2, 0.25) is 0 Å². The number of hydrogen-bond acceptors (Lipinski definition) is 5. The molecule has 0 radical (unpaired) electrons. The number of rotatable bonds is 5. The molecule has 4 fully saturated rings. The number of nitrogens with zero attached hydrogens (tertiary/aromatic N) is 2. The molecule has 1 heterocycles. The van der Waals surface area contributed by atoms with Crippen LogP contribution in [-0.2, 0) is 10.3 Å². The third kappa shape index (κ3) is 3.16. The lowest BCUT2D eigenvalue weighted by Gasteiger charge is -2.61. The quantitative estimate of drug-likeness (QED) is 0.660. The van der Waals surface area contributed by atoms with Gasteiger partial charge in [0.1, 0.15) is 10.8 Å². The van der Waals surface area contributed by atoms with Crippen LogP contribution in [-0.4, -0.2) is 26.0 Å². The fourth-order valence-electron chi connectivity index (χ4n) is 6.77. The number of hydrogen-bond donors (Lipinski definition) is 3. The van der Waals surface area contributed by atoms with E-state index in [1.54, 1.807) is 24.4 Å². The van der Waals surface area contributed by atoms with Gasteiger partial charge in [-0.2, -0.15) is 5.10 Å². The number of aromatic nitrogens is 2. The molecule has 6 rings (SSSR count). The summed E-state index contributed by atoms with van der Waals surface area (Å²) >= 11 is 6.45. The van der Waals surface area contributed by atoms with Gasteiger partial charge in [-0.1, -0.05) is 17.7 Å². The van der Waals surface area contributed by atoms with Crippen molar-refractivity contribution in [3.8, 4) is 5.75 Å². The van der Waals surface area contributed by atoms with Crippen molar-refractivity contribution >= 4 is 28.9 Å². The van der Waals surface area contributed by atoms with Gasteiger partial charge >= 0.3 is 5.97 Å². The van der Waals surface area contributed by atoms with Crippen molar-refractivity contribution in [2.75, 3.05) is 5.32 Å². The number of carboxylic acid groups (broad SMARTS) is 1. The number of halogens is 1. The monoisotopic (exact) mass is 429 g/mol. The van der Waals surface area contributed by atoms with Crippen molar-refractivity contribution in [2.24, 2.45) is 17.3 Å². The highest BCUT2D eigenvalue weighted by molar-refractivity contribution is 6.33. The highest BCUT2D eigenvalue weighted by Gasteiger charge is 2.59. The van der Waals surface area contributed by atoms with Gasteiger partial charge in [-0.25, -0.2) is 4.68 Å². The SMILES string of the molecule is O=C(O)CC12CC3CC(C1)CC(n1ncc(Nc4cccc(O)c4)c(Cl)c1=O)(C3)C2. The zero-order valence-corrected chi connectivity index (χ0v) is 17.2. The number of aliphatic carboxylic acids is 1. The predicted octanol–water partition coefficient (Wildman–Crippen LogP) is 4.12. The second-order valence-corrected chi connectivity index (χ2v) is 9.90. The van der Waals surface area contributed by atoms with E-state index in [-0.39, 0.29) is 28.2 Å². The number of carboxylic acids is 1. The normalized spacial score (nSPS) is 31.6. The standard InChI is InChI=1S/C22H24ClN3O4/c23-19-17(25-15-2-1-3-16(27)5-15)11-24-26(20(19)30)22-8-13-4-14(9-22)7-21(6-13,12-22)10-18(28)29/h1-3,5,11,13-14,25,27H,4,6-10,12H2,(H,28,29). The molecule has 4 aliphatic carbocycles. The van der Waals surface area contributed by atoms with Gasteiger partial charge in [0.05, 0.1) is 23.8 Å². The first-order valence-electron chi connectivity index (χ1n) is 10.3. The Bertz CT molecular complexity index is 1070. The Morgan fingerprint density at radius 3 is 2.67 bits per heavy atom. The molecule has 1 aromatic carbocycles. The number of aromatic hydroxyl groups is 1. The average Bonchev–Trinajstić information content (AvgIpc) is 2.63. The first-order valence-corrected chi connectivity index (χ1v) is 10.7. The Morgan fingerprint density at radius 2 is 2.00 bits per heavy atom. The molecule has 0 saturated heterocycles. The van der Waals surface area contributed by atoms with Gasteiger partial charge in [-0.3, -0.25) is 9.59 Å². The highest BCUT2D eigenvalue weighted by Crippen LogP contribution is 2.65. The third-order valence-corrected chi connectivity index (χ3v) is 7.54. The molecule has 158 valence electrons. The molecule has 2 unspecified atom stereocenters. The molecule has 8 heteroatoms. The molecule has 1 aromatic heterocycles. The Balaban J connectivity index is 1.51. The Morgan fingerprint density at radius 1 is 1.27 bits per heavy atom. The van der Waals surface area contributed by atoms with E-state index in [1.165, 1.54) is 10.7 Å². The van der Waals surface area contributed by atoms with E-state index in [4.69, 9.17) is 11.6 Å². The summed E-state index contributed by atoms with van der Waals surface area (Å²) in [4.78, 5) is 24.8. The van der Waals surface area contributed by atoms with Gasteiger partial charge in [0.15, 0.2) is 0 Å². The van der Waals surface area contributed by atoms with Gasteiger partial charge in [0, 0.05) is 11.8 Å². The maximum absolute atomic E-state index is 13.3. The Labute approximate surface area is 178 Å². The summed E-state index contributed by atoms with van der Waals surface area (Å²) in [6, 6.07) is 6.55. The van der Waals surface area contributed by atoms with Crippen LogP contribution in [0.3, 0.4) is 0 Å². The van der Waals surface area contributed by atoms with Crippen LogP contribution in [0.4, 0.5) is 11.4 Å². The van der Waals surface area contributed by atoms with E-state index in [1.807, 2.05) is 0 Å². The third-order valence-electron chi connectivity index (χ3n) is 7.17. The summed E-state index contributed by atoms with van der Waals surface area (Å²) in [7, 11) is 0. The number of phenolic OH excluding ortho intramolecular Hbond substituents is 1.